The third-order valence-electron chi connectivity index (χ3n) is 2.25. The summed E-state index contributed by atoms with van der Waals surface area (Å²) >= 11 is 0. The second kappa shape index (κ2) is 13.2. The predicted molar refractivity (Wildman–Crippen MR) is 85.2 cm³/mol. The van der Waals surface area contributed by atoms with Crippen LogP contribution in [0.2, 0.25) is 0 Å². The van der Waals surface area contributed by atoms with Crippen molar-refractivity contribution in [2.24, 2.45) is 5.73 Å². The quantitative estimate of drug-likeness (QED) is 0.250. The van der Waals surface area contributed by atoms with Crippen molar-refractivity contribution in [2.45, 2.75) is 5.03 Å². The molecule has 2 N–H and O–H groups in total. The molecule has 21 heavy (non-hydrogen) atoms. The van der Waals surface area contributed by atoms with Crippen molar-refractivity contribution in [3.8, 4) is 0 Å². The molecule has 0 amide bonds. The highest BCUT2D eigenvalue weighted by Gasteiger charge is 2.04. The van der Waals surface area contributed by atoms with Crippen LogP contribution in [0.3, 0.4) is 0 Å². The van der Waals surface area contributed by atoms with Crippen molar-refractivity contribution >= 4 is 21.6 Å². The number of hydrogen-bond acceptors (Lipinski definition) is 7. The molecular weight excluding hydrogens is 312 g/mol. The van der Waals surface area contributed by atoms with E-state index in [1.165, 1.54) is 17.0 Å². The Kier molecular flexibility index (Phi) is 11.6. The van der Waals surface area contributed by atoms with E-state index in [1.54, 1.807) is 22.9 Å². The summed E-state index contributed by atoms with van der Waals surface area (Å²) in [5.41, 5.74) is 5.29. The molecule has 1 aromatic heterocycles. The van der Waals surface area contributed by atoms with E-state index in [0.717, 1.165) is 10.5 Å². The van der Waals surface area contributed by atoms with E-state index in [2.05, 4.69) is 0 Å². The standard InChI is InChI=1S/C13H22N2O4S2/c14-4-6-17-7-8-18-9-10-19-11-12-20-21-13-3-1-2-5-15(13)16/h1-3,5H,4,6-12,14H2. The van der Waals surface area contributed by atoms with Gasteiger partial charge in [0, 0.05) is 35.2 Å². The number of aromatic nitrogens is 1. The maximum absolute atomic E-state index is 11.4. The Morgan fingerprint density at radius 3 is 2.33 bits per heavy atom. The van der Waals surface area contributed by atoms with Crippen molar-refractivity contribution in [3.63, 3.8) is 0 Å². The minimum atomic E-state index is 0.536. The van der Waals surface area contributed by atoms with E-state index in [-0.39, 0.29) is 0 Å². The van der Waals surface area contributed by atoms with Gasteiger partial charge in [0.2, 0.25) is 0 Å². The third kappa shape index (κ3) is 9.94. The van der Waals surface area contributed by atoms with Crippen LogP contribution in [0.5, 0.6) is 0 Å². The van der Waals surface area contributed by atoms with Crippen LogP contribution in [0.1, 0.15) is 0 Å². The van der Waals surface area contributed by atoms with Crippen LogP contribution in [0, 0.1) is 5.21 Å². The summed E-state index contributed by atoms with van der Waals surface area (Å²) in [6.07, 6.45) is 1.49. The largest absolute Gasteiger partial charge is 0.618 e. The summed E-state index contributed by atoms with van der Waals surface area (Å²) in [5, 5.41) is 12.1. The van der Waals surface area contributed by atoms with Gasteiger partial charge in [0.05, 0.1) is 39.6 Å². The molecule has 0 spiro atoms. The van der Waals surface area contributed by atoms with Crippen molar-refractivity contribution in [1.82, 2.24) is 0 Å². The first-order valence-corrected chi connectivity index (χ1v) is 9.07. The minimum Gasteiger partial charge on any atom is -0.618 e. The summed E-state index contributed by atoms with van der Waals surface area (Å²) in [6, 6.07) is 5.36. The highest BCUT2D eigenvalue weighted by atomic mass is 33.1. The Morgan fingerprint density at radius 1 is 1.00 bits per heavy atom. The molecule has 0 aliphatic heterocycles. The Bertz CT molecular complexity index is 372. The molecule has 0 saturated heterocycles. The maximum Gasteiger partial charge on any atom is 0.261 e. The van der Waals surface area contributed by atoms with Crippen LogP contribution in [0.25, 0.3) is 0 Å². The van der Waals surface area contributed by atoms with E-state index in [1.807, 2.05) is 6.07 Å². The summed E-state index contributed by atoms with van der Waals surface area (Å²) < 4.78 is 16.8. The van der Waals surface area contributed by atoms with Gasteiger partial charge in [0.1, 0.15) is 0 Å². The fraction of sp³-hybridized carbons (Fsp3) is 0.615. The molecule has 1 rings (SSSR count). The van der Waals surface area contributed by atoms with E-state index >= 15 is 0 Å². The van der Waals surface area contributed by atoms with Crippen molar-refractivity contribution in [3.05, 3.63) is 29.6 Å². The lowest BCUT2D eigenvalue weighted by molar-refractivity contribution is -0.645. The Hall–Kier alpha value is -0.510. The molecule has 0 aromatic carbocycles. The van der Waals surface area contributed by atoms with Gasteiger partial charge in [-0.1, -0.05) is 10.8 Å². The van der Waals surface area contributed by atoms with Gasteiger partial charge < -0.3 is 25.2 Å². The van der Waals surface area contributed by atoms with Crippen LogP contribution in [0.4, 0.5) is 0 Å². The second-order valence-electron chi connectivity index (χ2n) is 3.90. The van der Waals surface area contributed by atoms with Crippen molar-refractivity contribution < 1.29 is 18.9 Å². The molecule has 0 aliphatic carbocycles. The molecule has 0 saturated carbocycles. The number of ether oxygens (including phenoxy) is 3. The lowest BCUT2D eigenvalue weighted by atomic mass is 10.5. The summed E-state index contributed by atoms with van der Waals surface area (Å²) in [4.78, 5) is 0. The number of pyridine rings is 1. The number of hydrogen-bond donors (Lipinski definition) is 1. The third-order valence-corrected chi connectivity index (χ3v) is 4.55. The fourth-order valence-electron chi connectivity index (χ4n) is 1.30. The van der Waals surface area contributed by atoms with Gasteiger partial charge in [0.15, 0.2) is 6.20 Å². The molecule has 1 aromatic rings. The van der Waals surface area contributed by atoms with Crippen LogP contribution in [-0.4, -0.2) is 51.9 Å². The van der Waals surface area contributed by atoms with Crippen LogP contribution < -0.4 is 10.5 Å². The SMILES string of the molecule is NCCOCCOCCOCCSSc1cccc[n+]1[O-]. The van der Waals surface area contributed by atoms with Gasteiger partial charge in [-0.25, -0.2) is 0 Å². The second-order valence-corrected chi connectivity index (χ2v) is 6.33. The highest BCUT2D eigenvalue weighted by Crippen LogP contribution is 2.27. The molecule has 6 nitrogen and oxygen atoms in total. The maximum atomic E-state index is 11.4. The zero-order valence-corrected chi connectivity index (χ0v) is 13.6. The lowest BCUT2D eigenvalue weighted by Crippen LogP contribution is -2.27. The van der Waals surface area contributed by atoms with E-state index < -0.39 is 0 Å². The minimum absolute atomic E-state index is 0.536. The van der Waals surface area contributed by atoms with Gasteiger partial charge in [-0.2, -0.15) is 4.73 Å². The molecule has 0 fully saturated rings. The zero-order chi connectivity index (χ0) is 15.2. The van der Waals surface area contributed by atoms with Crippen LogP contribution in [-0.2, 0) is 14.2 Å². The molecular formula is C13H22N2O4S2. The smallest absolute Gasteiger partial charge is 0.261 e. The topological polar surface area (TPSA) is 80.7 Å². The molecule has 8 heteroatoms. The van der Waals surface area contributed by atoms with Gasteiger partial charge in [-0.05, 0) is 6.07 Å². The van der Waals surface area contributed by atoms with Gasteiger partial charge in [-0.3, -0.25) is 0 Å². The molecule has 0 aliphatic rings. The normalized spacial score (nSPS) is 10.9. The summed E-state index contributed by atoms with van der Waals surface area (Å²) in [6.45, 7) is 3.99. The summed E-state index contributed by atoms with van der Waals surface area (Å²) in [5.74, 6) is 0.819. The van der Waals surface area contributed by atoms with Crippen molar-refractivity contribution in [2.75, 3.05) is 51.9 Å². The highest BCUT2D eigenvalue weighted by molar-refractivity contribution is 8.76. The fourth-order valence-corrected chi connectivity index (χ4v) is 3.16. The van der Waals surface area contributed by atoms with E-state index in [4.69, 9.17) is 19.9 Å². The lowest BCUT2D eigenvalue weighted by Gasteiger charge is -2.06. The van der Waals surface area contributed by atoms with Crippen molar-refractivity contribution in [1.29, 1.82) is 0 Å². The van der Waals surface area contributed by atoms with Crippen LogP contribution in [0.15, 0.2) is 29.4 Å². The number of nitrogens with two attached hydrogens (primary N) is 1. The first-order valence-electron chi connectivity index (χ1n) is 6.75. The Labute approximate surface area is 133 Å². The van der Waals surface area contributed by atoms with Gasteiger partial charge in [-0.15, -0.1) is 0 Å². The molecule has 0 bridgehead atoms. The average Bonchev–Trinajstić information content (AvgIpc) is 2.50. The molecule has 1 heterocycles. The summed E-state index contributed by atoms with van der Waals surface area (Å²) in [7, 11) is 3.05. The molecule has 0 unspecified atom stereocenters. The predicted octanol–water partition coefficient (Wildman–Crippen LogP) is 1.07. The number of rotatable bonds is 13. The van der Waals surface area contributed by atoms with Gasteiger partial charge in [0.25, 0.3) is 5.03 Å². The molecule has 0 atom stereocenters. The molecule has 0 radical (unpaired) electrons. The van der Waals surface area contributed by atoms with E-state index in [9.17, 15) is 5.21 Å². The Morgan fingerprint density at radius 2 is 1.67 bits per heavy atom. The van der Waals surface area contributed by atoms with Gasteiger partial charge >= 0.3 is 0 Å². The monoisotopic (exact) mass is 334 g/mol. The zero-order valence-electron chi connectivity index (χ0n) is 11.9. The first kappa shape index (κ1) is 18.5. The Balaban J connectivity index is 1.84. The average molecular weight is 334 g/mol. The van der Waals surface area contributed by atoms with E-state index in [0.29, 0.717) is 51.2 Å². The molecule has 120 valence electrons. The van der Waals surface area contributed by atoms with Crippen LogP contribution >= 0.6 is 21.6 Å². The number of nitrogens with zero attached hydrogens (tertiary/aromatic N) is 1. The first-order chi connectivity index (χ1) is 10.3.